The minimum Gasteiger partial charge on any atom is -0.503 e. The Morgan fingerprint density at radius 3 is 2.29 bits per heavy atom. The Hall–Kier alpha value is -4.80. The van der Waals surface area contributed by atoms with E-state index in [1.807, 2.05) is 0 Å². The van der Waals surface area contributed by atoms with E-state index in [0.29, 0.717) is 39.4 Å². The van der Waals surface area contributed by atoms with E-state index in [4.69, 9.17) is 23.9 Å². The topological polar surface area (TPSA) is 87.9 Å². The van der Waals surface area contributed by atoms with Crippen LogP contribution in [0, 0.1) is 0 Å². The number of carbonyl (C=O) groups is 1. The van der Waals surface area contributed by atoms with Crippen LogP contribution in [0.5, 0.6) is 5.75 Å². The van der Waals surface area contributed by atoms with Crippen LogP contribution >= 0.6 is 0 Å². The molecule has 216 valence electrons. The minimum atomic E-state index is -4.42. The summed E-state index contributed by atoms with van der Waals surface area (Å²) in [6.45, 7) is 1.69. The van der Waals surface area contributed by atoms with E-state index in [2.05, 4.69) is 10.3 Å². The molecule has 0 saturated carbocycles. The van der Waals surface area contributed by atoms with Crippen molar-refractivity contribution < 1.29 is 41.9 Å². The van der Waals surface area contributed by atoms with Crippen LogP contribution in [0.4, 0.5) is 13.2 Å². The molecule has 3 aromatic carbocycles. The third kappa shape index (κ3) is 8.59. The molecule has 0 aliphatic carbocycles. The average Bonchev–Trinajstić information content (AvgIpc) is 2.97. The highest BCUT2D eigenvalue weighted by atomic mass is 19.4. The lowest BCUT2D eigenvalue weighted by atomic mass is 10.0. The number of oxime groups is 2. The van der Waals surface area contributed by atoms with Crippen LogP contribution in [0.25, 0.3) is 5.57 Å². The summed E-state index contributed by atoms with van der Waals surface area (Å²) in [5.74, 6) is -0.105. The van der Waals surface area contributed by atoms with Crippen molar-refractivity contribution in [2.45, 2.75) is 26.3 Å². The monoisotopic (exact) mass is 570 g/mol. The molecule has 0 bridgehead atoms. The number of esters is 1. The maximum atomic E-state index is 13.0. The van der Waals surface area contributed by atoms with Crippen LogP contribution in [0.1, 0.15) is 34.7 Å². The van der Waals surface area contributed by atoms with Gasteiger partial charge in [0.05, 0.1) is 26.0 Å². The van der Waals surface area contributed by atoms with Gasteiger partial charge < -0.3 is 23.9 Å². The zero-order valence-electron chi connectivity index (χ0n) is 22.9. The van der Waals surface area contributed by atoms with E-state index in [9.17, 15) is 18.0 Å². The molecule has 0 aliphatic rings. The summed E-state index contributed by atoms with van der Waals surface area (Å²) >= 11 is 0. The van der Waals surface area contributed by atoms with Gasteiger partial charge in [0.25, 0.3) is 0 Å². The van der Waals surface area contributed by atoms with E-state index < -0.39 is 17.7 Å². The first-order valence-corrected chi connectivity index (χ1v) is 12.2. The van der Waals surface area contributed by atoms with Crippen LogP contribution in [0.3, 0.4) is 0 Å². The predicted octanol–water partition coefficient (Wildman–Crippen LogP) is 6.39. The third-order valence-corrected chi connectivity index (χ3v) is 5.68. The minimum absolute atomic E-state index is 0.0324. The van der Waals surface area contributed by atoms with Crippen LogP contribution in [0.15, 0.2) is 89.4 Å². The number of carbonyl (C=O) groups excluding carboxylic acids is 1. The van der Waals surface area contributed by atoms with Gasteiger partial charge in [-0.1, -0.05) is 46.7 Å². The smallest absolute Gasteiger partial charge is 0.416 e. The van der Waals surface area contributed by atoms with Crippen LogP contribution in [0.2, 0.25) is 0 Å². The molecule has 0 heterocycles. The molecule has 0 amide bonds. The van der Waals surface area contributed by atoms with Crippen LogP contribution in [-0.2, 0) is 43.3 Å². The number of hydrogen-bond donors (Lipinski definition) is 0. The summed E-state index contributed by atoms with van der Waals surface area (Å²) in [6, 6.07) is 18.8. The maximum absolute atomic E-state index is 13.0. The van der Waals surface area contributed by atoms with E-state index in [-0.39, 0.29) is 18.8 Å². The van der Waals surface area contributed by atoms with Crippen molar-refractivity contribution in [2.24, 2.45) is 10.3 Å². The molecule has 0 fully saturated rings. The second kappa shape index (κ2) is 14.5. The van der Waals surface area contributed by atoms with Crippen LogP contribution < -0.4 is 4.74 Å². The lowest BCUT2D eigenvalue weighted by Crippen LogP contribution is -2.13. The Morgan fingerprint density at radius 1 is 0.902 bits per heavy atom. The van der Waals surface area contributed by atoms with Crippen molar-refractivity contribution in [3.05, 3.63) is 107 Å². The molecule has 3 aromatic rings. The first-order valence-electron chi connectivity index (χ1n) is 12.2. The highest BCUT2D eigenvalue weighted by Gasteiger charge is 2.30. The summed E-state index contributed by atoms with van der Waals surface area (Å²) in [4.78, 5) is 22.8. The zero-order valence-corrected chi connectivity index (χ0v) is 22.9. The molecule has 3 rings (SSSR count). The molecule has 0 radical (unpaired) electrons. The standard InChI is InChI=1S/C30H29F3N2O6/c1-20(34-41-18-23-9-5-6-11-26(23)27(19-37-2)29(36)38-3)28(35-39-4)22-12-14-25(15-13-22)40-17-21-8-7-10-24(16-21)30(31,32)33/h5-16,19H,17-18H2,1-4H3/b27-19+,34-20+,35-28-. The Morgan fingerprint density at radius 2 is 1.63 bits per heavy atom. The summed E-state index contributed by atoms with van der Waals surface area (Å²) in [5, 5.41) is 8.22. The molecule has 0 unspecified atom stereocenters. The van der Waals surface area contributed by atoms with Gasteiger partial charge in [-0.3, -0.25) is 0 Å². The lowest BCUT2D eigenvalue weighted by molar-refractivity contribution is -0.137. The Kier molecular flexibility index (Phi) is 10.9. The first-order chi connectivity index (χ1) is 19.7. The van der Waals surface area contributed by atoms with Gasteiger partial charge in [0.15, 0.2) is 0 Å². The van der Waals surface area contributed by atoms with Gasteiger partial charge in [-0.15, -0.1) is 0 Å². The fourth-order valence-corrected chi connectivity index (χ4v) is 3.73. The summed E-state index contributed by atoms with van der Waals surface area (Å²) in [7, 11) is 4.11. The van der Waals surface area contributed by atoms with Gasteiger partial charge >= 0.3 is 12.1 Å². The number of rotatable bonds is 12. The molecular formula is C30H29F3N2O6. The Labute approximate surface area is 235 Å². The van der Waals surface area contributed by atoms with Gasteiger partial charge in [-0.25, -0.2) is 4.79 Å². The van der Waals surface area contributed by atoms with Gasteiger partial charge in [-0.05, 0) is 54.4 Å². The Balaban J connectivity index is 1.70. The average molecular weight is 571 g/mol. The fraction of sp³-hybridized carbons (Fsp3) is 0.233. The lowest BCUT2D eigenvalue weighted by Gasteiger charge is -2.12. The number of hydrogen-bond acceptors (Lipinski definition) is 8. The molecule has 0 aliphatic heterocycles. The van der Waals surface area contributed by atoms with E-state index >= 15 is 0 Å². The van der Waals surface area contributed by atoms with Crippen molar-refractivity contribution in [1.82, 2.24) is 0 Å². The first kappa shape index (κ1) is 30.7. The van der Waals surface area contributed by atoms with Crippen molar-refractivity contribution >= 4 is 23.0 Å². The highest BCUT2D eigenvalue weighted by Crippen LogP contribution is 2.30. The fourth-order valence-electron chi connectivity index (χ4n) is 3.73. The molecule has 41 heavy (non-hydrogen) atoms. The Bertz CT molecular complexity index is 1420. The molecule has 0 atom stereocenters. The molecule has 0 N–H and O–H groups in total. The van der Waals surface area contributed by atoms with E-state index in [0.717, 1.165) is 12.1 Å². The summed E-state index contributed by atoms with van der Waals surface area (Å²) in [6.07, 6.45) is -3.12. The molecular weight excluding hydrogens is 541 g/mol. The van der Waals surface area contributed by atoms with Crippen LogP contribution in [-0.4, -0.2) is 38.7 Å². The molecule has 8 nitrogen and oxygen atoms in total. The van der Waals surface area contributed by atoms with Crippen molar-refractivity contribution in [3.8, 4) is 5.75 Å². The second-order valence-electron chi connectivity index (χ2n) is 8.50. The predicted molar refractivity (Wildman–Crippen MR) is 147 cm³/mol. The number of alkyl halides is 3. The normalized spacial score (nSPS) is 12.5. The van der Waals surface area contributed by atoms with Gasteiger partial charge in [-0.2, -0.15) is 13.2 Å². The quantitative estimate of drug-likeness (QED) is 0.0825. The van der Waals surface area contributed by atoms with Gasteiger partial charge in [0.1, 0.15) is 43.1 Å². The number of methoxy groups -OCH3 is 2. The maximum Gasteiger partial charge on any atom is 0.416 e. The molecule has 0 aromatic heterocycles. The summed E-state index contributed by atoms with van der Waals surface area (Å²) in [5.41, 5.74) is 2.56. The number of nitrogens with zero attached hydrogens (tertiary/aromatic N) is 2. The second-order valence-corrected chi connectivity index (χ2v) is 8.50. The SMILES string of the molecule is CO/C=C(/C(=O)OC)c1ccccc1CO/N=C(C)/C(=N/OC)c1ccc(OCc2cccc(C(F)(F)F)c2)cc1. The third-order valence-electron chi connectivity index (χ3n) is 5.68. The van der Waals surface area contributed by atoms with E-state index in [1.54, 1.807) is 61.5 Å². The van der Waals surface area contributed by atoms with Crippen molar-refractivity contribution in [3.63, 3.8) is 0 Å². The largest absolute Gasteiger partial charge is 0.503 e. The summed E-state index contributed by atoms with van der Waals surface area (Å²) < 4.78 is 54.4. The van der Waals surface area contributed by atoms with E-state index in [1.165, 1.54) is 33.7 Å². The number of ether oxygens (including phenoxy) is 3. The van der Waals surface area contributed by atoms with Crippen molar-refractivity contribution in [2.75, 3.05) is 21.3 Å². The number of benzene rings is 3. The van der Waals surface area contributed by atoms with Crippen molar-refractivity contribution in [1.29, 1.82) is 0 Å². The van der Waals surface area contributed by atoms with Gasteiger partial charge in [0, 0.05) is 11.1 Å². The zero-order chi connectivity index (χ0) is 29.8. The molecule has 0 saturated heterocycles. The van der Waals surface area contributed by atoms with Gasteiger partial charge in [0.2, 0.25) is 0 Å². The molecule has 11 heteroatoms. The highest BCUT2D eigenvalue weighted by molar-refractivity contribution is 6.47. The number of halogens is 3. The molecule has 0 spiro atoms.